The van der Waals surface area contributed by atoms with Gasteiger partial charge in [0.15, 0.2) is 5.70 Å². The second-order valence-electron chi connectivity index (χ2n) is 6.07. The van der Waals surface area contributed by atoms with Crippen LogP contribution in [0, 0.1) is 0 Å². The van der Waals surface area contributed by atoms with Gasteiger partial charge in [-0.1, -0.05) is 32.9 Å². The van der Waals surface area contributed by atoms with Crippen LogP contribution in [0.5, 0.6) is 0 Å². The summed E-state index contributed by atoms with van der Waals surface area (Å²) in [6, 6.07) is 7.94. The Balaban J connectivity index is 1.88. The molecule has 1 aromatic carbocycles. The Labute approximate surface area is 133 Å². The van der Waals surface area contributed by atoms with Crippen LogP contribution in [0.2, 0.25) is 0 Å². The number of carbonyl (C=O) groups excluding carboxylic acids is 1. The maximum absolute atomic E-state index is 11.9. The number of aliphatic imine (C=N–C) groups is 1. The predicted octanol–water partition coefficient (Wildman–Crippen LogP) is 3.79. The van der Waals surface area contributed by atoms with Crippen LogP contribution in [0.15, 0.2) is 46.7 Å². The Morgan fingerprint density at radius 1 is 1.18 bits per heavy atom. The predicted molar refractivity (Wildman–Crippen MR) is 87.9 cm³/mol. The molecule has 0 atom stereocenters. The summed E-state index contributed by atoms with van der Waals surface area (Å²) in [7, 11) is 0. The summed E-state index contributed by atoms with van der Waals surface area (Å²) in [5, 5.41) is 0. The van der Waals surface area contributed by atoms with Crippen molar-refractivity contribution < 1.29 is 9.53 Å². The third-order valence-electron chi connectivity index (χ3n) is 3.35. The van der Waals surface area contributed by atoms with Crippen LogP contribution in [-0.4, -0.2) is 16.9 Å². The summed E-state index contributed by atoms with van der Waals surface area (Å²) in [5.41, 5.74) is 4.13. The summed E-state index contributed by atoms with van der Waals surface area (Å²) < 4.78 is 5.26. The van der Waals surface area contributed by atoms with Crippen molar-refractivity contribution in [1.29, 1.82) is 0 Å². The number of ether oxygens (including phenoxy) is 1. The lowest BCUT2D eigenvalue weighted by atomic mass is 9.87. The van der Waals surface area contributed by atoms with Crippen molar-refractivity contribution in [3.8, 4) is 0 Å². The summed E-state index contributed by atoms with van der Waals surface area (Å²) in [5.74, 6) is -0.0791. The topological polar surface area (TPSA) is 51.5 Å². The normalized spacial score (nSPS) is 16.8. The molecule has 4 nitrogen and oxygen atoms in total. The SMILES string of the molecule is CC(C)(C)c1ccc(C2=N/C(=C/c3cncs3)C(=O)O2)cc1. The number of thiazole rings is 1. The van der Waals surface area contributed by atoms with E-state index >= 15 is 0 Å². The highest BCUT2D eigenvalue weighted by molar-refractivity contribution is 7.10. The standard InChI is InChI=1S/C17H16N2O2S/c1-17(2,3)12-6-4-11(5-7-12)15-19-14(16(20)21-15)8-13-9-18-10-22-13/h4-10H,1-3H3/b14-8+. The molecule has 2 aromatic rings. The summed E-state index contributed by atoms with van der Waals surface area (Å²) in [6.07, 6.45) is 3.38. The van der Waals surface area contributed by atoms with Gasteiger partial charge in [0.1, 0.15) is 0 Å². The van der Waals surface area contributed by atoms with Crippen molar-refractivity contribution in [2.45, 2.75) is 26.2 Å². The lowest BCUT2D eigenvalue weighted by molar-refractivity contribution is -0.129. The van der Waals surface area contributed by atoms with Gasteiger partial charge in [-0.2, -0.15) is 0 Å². The number of hydrogen-bond donors (Lipinski definition) is 0. The van der Waals surface area contributed by atoms with E-state index in [-0.39, 0.29) is 5.41 Å². The number of nitrogens with zero attached hydrogens (tertiary/aromatic N) is 2. The zero-order valence-corrected chi connectivity index (χ0v) is 13.5. The van der Waals surface area contributed by atoms with Crippen LogP contribution in [0.25, 0.3) is 6.08 Å². The van der Waals surface area contributed by atoms with Gasteiger partial charge in [0.05, 0.1) is 5.51 Å². The van der Waals surface area contributed by atoms with Crippen LogP contribution < -0.4 is 0 Å². The molecule has 0 saturated heterocycles. The van der Waals surface area contributed by atoms with Crippen LogP contribution in [0.1, 0.15) is 36.8 Å². The van der Waals surface area contributed by atoms with Crippen LogP contribution in [0.4, 0.5) is 0 Å². The first-order chi connectivity index (χ1) is 10.4. The van der Waals surface area contributed by atoms with Gasteiger partial charge in [0.25, 0.3) is 0 Å². The molecule has 0 bridgehead atoms. The van der Waals surface area contributed by atoms with Crippen LogP contribution in [0.3, 0.4) is 0 Å². The zero-order chi connectivity index (χ0) is 15.7. The Morgan fingerprint density at radius 3 is 2.50 bits per heavy atom. The molecule has 0 spiro atoms. The fourth-order valence-corrected chi connectivity index (χ4v) is 2.62. The minimum absolute atomic E-state index is 0.0872. The molecular formula is C17H16N2O2S. The third kappa shape index (κ3) is 2.99. The molecule has 112 valence electrons. The first-order valence-electron chi connectivity index (χ1n) is 6.95. The molecule has 0 unspecified atom stereocenters. The summed E-state index contributed by atoms with van der Waals surface area (Å²) in [6.45, 7) is 6.47. The van der Waals surface area contributed by atoms with E-state index in [2.05, 4.69) is 30.7 Å². The van der Waals surface area contributed by atoms with Gasteiger partial charge < -0.3 is 4.74 Å². The highest BCUT2D eigenvalue weighted by Crippen LogP contribution is 2.24. The molecule has 5 heteroatoms. The second-order valence-corrected chi connectivity index (χ2v) is 6.99. The molecule has 2 heterocycles. The molecule has 0 amide bonds. The number of esters is 1. The number of cyclic esters (lactones) is 1. The maximum Gasteiger partial charge on any atom is 0.363 e. The van der Waals surface area contributed by atoms with E-state index in [1.165, 1.54) is 16.9 Å². The van der Waals surface area contributed by atoms with Crippen molar-refractivity contribution in [2.75, 3.05) is 0 Å². The monoisotopic (exact) mass is 312 g/mol. The molecule has 1 aliphatic rings. The van der Waals surface area contributed by atoms with Crippen molar-refractivity contribution >= 4 is 29.3 Å². The smallest absolute Gasteiger partial charge is 0.363 e. The molecule has 0 N–H and O–H groups in total. The lowest BCUT2D eigenvalue weighted by Crippen LogP contribution is -2.11. The number of carbonyl (C=O) groups is 1. The van der Waals surface area contributed by atoms with Gasteiger partial charge in [-0.05, 0) is 29.2 Å². The molecular weight excluding hydrogens is 296 g/mol. The van der Waals surface area contributed by atoms with E-state index in [1.54, 1.807) is 17.8 Å². The van der Waals surface area contributed by atoms with Crippen molar-refractivity contribution in [1.82, 2.24) is 4.98 Å². The van der Waals surface area contributed by atoms with Gasteiger partial charge in [0, 0.05) is 16.6 Å². The Bertz CT molecular complexity index is 751. The van der Waals surface area contributed by atoms with Crippen molar-refractivity contribution in [2.24, 2.45) is 4.99 Å². The first-order valence-corrected chi connectivity index (χ1v) is 7.83. The molecule has 1 aliphatic heterocycles. The second kappa shape index (κ2) is 5.50. The molecule has 3 rings (SSSR count). The van der Waals surface area contributed by atoms with Gasteiger partial charge in [-0.25, -0.2) is 9.79 Å². The largest absolute Gasteiger partial charge is 0.402 e. The van der Waals surface area contributed by atoms with E-state index < -0.39 is 5.97 Å². The minimum Gasteiger partial charge on any atom is -0.402 e. The third-order valence-corrected chi connectivity index (χ3v) is 4.07. The van der Waals surface area contributed by atoms with Gasteiger partial charge >= 0.3 is 5.97 Å². The highest BCUT2D eigenvalue weighted by atomic mass is 32.1. The summed E-state index contributed by atoms with van der Waals surface area (Å²) in [4.78, 5) is 21.0. The van der Waals surface area contributed by atoms with Gasteiger partial charge in [-0.3, -0.25) is 4.98 Å². The Hall–Kier alpha value is -2.27. The van der Waals surface area contributed by atoms with E-state index in [4.69, 9.17) is 4.74 Å². The van der Waals surface area contributed by atoms with Gasteiger partial charge in [-0.15, -0.1) is 11.3 Å². The quantitative estimate of drug-likeness (QED) is 0.626. The van der Waals surface area contributed by atoms with Crippen molar-refractivity contribution in [3.05, 3.63) is 57.7 Å². The van der Waals surface area contributed by atoms with E-state index in [1.807, 2.05) is 24.3 Å². The number of rotatable bonds is 2. The molecule has 0 aliphatic carbocycles. The zero-order valence-electron chi connectivity index (χ0n) is 12.7. The fourth-order valence-electron chi connectivity index (χ4n) is 2.08. The lowest BCUT2D eigenvalue weighted by Gasteiger charge is -2.18. The summed E-state index contributed by atoms with van der Waals surface area (Å²) >= 11 is 1.45. The molecule has 0 fully saturated rings. The van der Waals surface area contributed by atoms with Crippen molar-refractivity contribution in [3.63, 3.8) is 0 Å². The first kappa shape index (κ1) is 14.7. The molecule has 0 radical (unpaired) electrons. The molecule has 22 heavy (non-hydrogen) atoms. The average molecular weight is 312 g/mol. The molecule has 0 saturated carbocycles. The maximum atomic E-state index is 11.9. The number of benzene rings is 1. The minimum atomic E-state index is -0.428. The fraction of sp³-hybridized carbons (Fsp3) is 0.235. The van der Waals surface area contributed by atoms with Gasteiger partial charge in [0.2, 0.25) is 5.90 Å². The number of hydrogen-bond acceptors (Lipinski definition) is 5. The average Bonchev–Trinajstić information content (AvgIpc) is 3.09. The Morgan fingerprint density at radius 2 is 1.91 bits per heavy atom. The molecule has 1 aromatic heterocycles. The number of aromatic nitrogens is 1. The van der Waals surface area contributed by atoms with E-state index in [0.717, 1.165) is 10.4 Å². The van der Waals surface area contributed by atoms with Crippen LogP contribution in [-0.2, 0) is 14.9 Å². The Kier molecular flexibility index (Phi) is 3.66. The van der Waals surface area contributed by atoms with E-state index in [0.29, 0.717) is 11.6 Å². The van der Waals surface area contributed by atoms with E-state index in [9.17, 15) is 4.79 Å². The van der Waals surface area contributed by atoms with Crippen LogP contribution >= 0.6 is 11.3 Å². The highest BCUT2D eigenvalue weighted by Gasteiger charge is 2.24.